The fourth-order valence-corrected chi connectivity index (χ4v) is 1.97. The summed E-state index contributed by atoms with van der Waals surface area (Å²) in [5.74, 6) is -1.07. The molecule has 3 nitrogen and oxygen atoms in total. The molecule has 0 aliphatic heterocycles. The molecule has 0 saturated heterocycles. The van der Waals surface area contributed by atoms with Gasteiger partial charge in [-0.15, -0.1) is 0 Å². The molecular formula is C13H13BrF3NO2. The number of rotatable bonds is 5. The van der Waals surface area contributed by atoms with E-state index in [1.165, 1.54) is 11.0 Å². The molecule has 0 unspecified atom stereocenters. The van der Waals surface area contributed by atoms with Crippen LogP contribution in [0.5, 0.6) is 0 Å². The van der Waals surface area contributed by atoms with Gasteiger partial charge < -0.3 is 10.0 Å². The maximum atomic E-state index is 12.2. The second kappa shape index (κ2) is 6.78. The molecule has 1 aromatic rings. The molecule has 1 aromatic carbocycles. The standard InChI is InChI=1S/C13H13BrF3NO2/c1-18(7-6-13(15,16)17)10-4-2-9(11(14)8-10)3-5-12(19)20/h2-5,8H,6-7H2,1H3,(H,19,20)/b5-3+. The van der Waals surface area contributed by atoms with Crippen molar-refractivity contribution < 1.29 is 23.1 Å². The average Bonchev–Trinajstić information content (AvgIpc) is 2.33. The molecular weight excluding hydrogens is 339 g/mol. The highest BCUT2D eigenvalue weighted by molar-refractivity contribution is 9.10. The third kappa shape index (κ3) is 5.64. The highest BCUT2D eigenvalue weighted by Gasteiger charge is 2.27. The Hall–Kier alpha value is -1.50. The SMILES string of the molecule is CN(CCC(F)(F)F)c1ccc(/C=C/C(=O)O)c(Br)c1. The van der Waals surface area contributed by atoms with Crippen molar-refractivity contribution in [3.05, 3.63) is 34.3 Å². The summed E-state index contributed by atoms with van der Waals surface area (Å²) in [6.07, 6.45) is -2.67. The lowest BCUT2D eigenvalue weighted by atomic mass is 10.2. The van der Waals surface area contributed by atoms with Crippen LogP contribution >= 0.6 is 15.9 Å². The fraction of sp³-hybridized carbons (Fsp3) is 0.308. The summed E-state index contributed by atoms with van der Waals surface area (Å²) in [6.45, 7) is -0.139. The molecule has 0 aliphatic rings. The first-order chi connectivity index (χ1) is 9.19. The van der Waals surface area contributed by atoms with E-state index in [1.54, 1.807) is 25.2 Å². The zero-order chi connectivity index (χ0) is 15.3. The van der Waals surface area contributed by atoms with Crippen molar-refractivity contribution >= 4 is 33.7 Å². The van der Waals surface area contributed by atoms with Gasteiger partial charge in [0.05, 0.1) is 6.42 Å². The van der Waals surface area contributed by atoms with Gasteiger partial charge in [0.1, 0.15) is 0 Å². The quantitative estimate of drug-likeness (QED) is 0.817. The number of hydrogen-bond acceptors (Lipinski definition) is 2. The highest BCUT2D eigenvalue weighted by Crippen LogP contribution is 2.26. The Morgan fingerprint density at radius 1 is 1.45 bits per heavy atom. The van der Waals surface area contributed by atoms with Gasteiger partial charge in [-0.1, -0.05) is 22.0 Å². The minimum absolute atomic E-state index is 0.139. The average molecular weight is 352 g/mol. The summed E-state index contributed by atoms with van der Waals surface area (Å²) < 4.78 is 37.1. The first-order valence-corrected chi connectivity index (χ1v) is 6.47. The van der Waals surface area contributed by atoms with Crippen LogP contribution < -0.4 is 4.90 Å². The molecule has 7 heteroatoms. The summed E-state index contributed by atoms with van der Waals surface area (Å²) in [5.41, 5.74) is 1.26. The van der Waals surface area contributed by atoms with Crippen LogP contribution in [-0.2, 0) is 4.79 Å². The topological polar surface area (TPSA) is 40.5 Å². The molecule has 0 fully saturated rings. The van der Waals surface area contributed by atoms with Gasteiger partial charge in [-0.05, 0) is 23.8 Å². The van der Waals surface area contributed by atoms with Gasteiger partial charge in [-0.3, -0.25) is 0 Å². The van der Waals surface area contributed by atoms with Crippen LogP contribution in [0, 0.1) is 0 Å². The molecule has 0 radical (unpaired) electrons. The molecule has 110 valence electrons. The predicted octanol–water partition coefficient (Wildman–Crippen LogP) is 3.94. The maximum Gasteiger partial charge on any atom is 0.390 e. The second-order valence-corrected chi connectivity index (χ2v) is 5.02. The smallest absolute Gasteiger partial charge is 0.390 e. The third-order valence-corrected chi connectivity index (χ3v) is 3.25. The van der Waals surface area contributed by atoms with Crippen molar-refractivity contribution in [2.24, 2.45) is 0 Å². The van der Waals surface area contributed by atoms with E-state index < -0.39 is 18.6 Å². The van der Waals surface area contributed by atoms with Crippen LogP contribution in [0.1, 0.15) is 12.0 Å². The van der Waals surface area contributed by atoms with Gasteiger partial charge in [-0.25, -0.2) is 4.79 Å². The number of carboxylic acids is 1. The van der Waals surface area contributed by atoms with Gasteiger partial charge in [0.2, 0.25) is 0 Å². The number of carboxylic acid groups (broad SMARTS) is 1. The van der Waals surface area contributed by atoms with E-state index in [1.807, 2.05) is 0 Å². The fourth-order valence-electron chi connectivity index (χ4n) is 1.47. The van der Waals surface area contributed by atoms with Crippen molar-refractivity contribution in [1.82, 2.24) is 0 Å². The van der Waals surface area contributed by atoms with Crippen molar-refractivity contribution in [2.75, 3.05) is 18.5 Å². The Labute approximate surface area is 122 Å². The number of anilines is 1. The minimum atomic E-state index is -4.18. The lowest BCUT2D eigenvalue weighted by Crippen LogP contribution is -2.23. The van der Waals surface area contributed by atoms with Gasteiger partial charge >= 0.3 is 12.1 Å². The summed E-state index contributed by atoms with van der Waals surface area (Å²) in [7, 11) is 1.57. The van der Waals surface area contributed by atoms with Crippen LogP contribution in [0.2, 0.25) is 0 Å². The van der Waals surface area contributed by atoms with Crippen LogP contribution in [0.4, 0.5) is 18.9 Å². The molecule has 1 N–H and O–H groups in total. The number of benzene rings is 1. The lowest BCUT2D eigenvalue weighted by Gasteiger charge is -2.20. The Bertz CT molecular complexity index is 515. The molecule has 1 rings (SSSR count). The van der Waals surface area contributed by atoms with E-state index in [0.717, 1.165) is 6.08 Å². The molecule has 0 saturated carbocycles. The van der Waals surface area contributed by atoms with Crippen LogP contribution in [0.15, 0.2) is 28.7 Å². The maximum absolute atomic E-state index is 12.2. The Morgan fingerprint density at radius 2 is 2.10 bits per heavy atom. The van der Waals surface area contributed by atoms with E-state index in [-0.39, 0.29) is 6.54 Å². The van der Waals surface area contributed by atoms with Crippen LogP contribution in [-0.4, -0.2) is 30.8 Å². The van der Waals surface area contributed by atoms with E-state index in [9.17, 15) is 18.0 Å². The lowest BCUT2D eigenvalue weighted by molar-refractivity contribution is -0.132. The van der Waals surface area contributed by atoms with Crippen molar-refractivity contribution in [1.29, 1.82) is 0 Å². The zero-order valence-corrected chi connectivity index (χ0v) is 12.2. The molecule has 0 atom stereocenters. The van der Waals surface area contributed by atoms with Gasteiger partial charge in [0, 0.05) is 29.8 Å². The summed E-state index contributed by atoms with van der Waals surface area (Å²) >= 11 is 3.26. The molecule has 0 aliphatic carbocycles. The zero-order valence-electron chi connectivity index (χ0n) is 10.6. The first kappa shape index (κ1) is 16.6. The van der Waals surface area contributed by atoms with Gasteiger partial charge in [0.25, 0.3) is 0 Å². The Kier molecular flexibility index (Phi) is 5.62. The van der Waals surface area contributed by atoms with Crippen LogP contribution in [0.25, 0.3) is 6.08 Å². The number of carbonyl (C=O) groups is 1. The van der Waals surface area contributed by atoms with Crippen molar-refractivity contribution in [3.63, 3.8) is 0 Å². The summed E-state index contributed by atoms with van der Waals surface area (Å²) in [6, 6.07) is 4.93. The summed E-state index contributed by atoms with van der Waals surface area (Å²) in [5, 5.41) is 8.54. The van der Waals surface area contributed by atoms with Gasteiger partial charge in [-0.2, -0.15) is 13.2 Å². The van der Waals surface area contributed by atoms with E-state index in [0.29, 0.717) is 15.7 Å². The van der Waals surface area contributed by atoms with Crippen LogP contribution in [0.3, 0.4) is 0 Å². The predicted molar refractivity (Wildman–Crippen MR) is 74.8 cm³/mol. The number of halogens is 4. The number of alkyl halides is 3. The monoisotopic (exact) mass is 351 g/mol. The molecule has 0 spiro atoms. The second-order valence-electron chi connectivity index (χ2n) is 4.16. The molecule has 20 heavy (non-hydrogen) atoms. The molecule has 0 amide bonds. The Morgan fingerprint density at radius 3 is 2.60 bits per heavy atom. The van der Waals surface area contributed by atoms with E-state index in [4.69, 9.17) is 5.11 Å². The van der Waals surface area contributed by atoms with Gasteiger partial charge in [0.15, 0.2) is 0 Å². The number of aliphatic carboxylic acids is 1. The summed E-state index contributed by atoms with van der Waals surface area (Å²) in [4.78, 5) is 11.9. The third-order valence-electron chi connectivity index (χ3n) is 2.56. The van der Waals surface area contributed by atoms with Crippen molar-refractivity contribution in [3.8, 4) is 0 Å². The Balaban J connectivity index is 2.78. The number of hydrogen-bond donors (Lipinski definition) is 1. The first-order valence-electron chi connectivity index (χ1n) is 5.67. The molecule has 0 aromatic heterocycles. The largest absolute Gasteiger partial charge is 0.478 e. The van der Waals surface area contributed by atoms with Crippen molar-refractivity contribution in [2.45, 2.75) is 12.6 Å². The minimum Gasteiger partial charge on any atom is -0.478 e. The normalized spacial score (nSPS) is 11.8. The molecule has 0 bridgehead atoms. The number of nitrogens with zero attached hydrogens (tertiary/aromatic N) is 1. The molecule has 0 heterocycles. The van der Waals surface area contributed by atoms with E-state index >= 15 is 0 Å². The van der Waals surface area contributed by atoms with E-state index in [2.05, 4.69) is 15.9 Å². The highest BCUT2D eigenvalue weighted by atomic mass is 79.9.